The first kappa shape index (κ1) is 11.3. The van der Waals surface area contributed by atoms with Gasteiger partial charge in [-0.05, 0) is 31.2 Å². The van der Waals surface area contributed by atoms with Crippen molar-refractivity contribution in [3.05, 3.63) is 36.4 Å². The molecular weight excluding hydrogens is 225 g/mol. The largest absolute Gasteiger partial charge is 0.480 e. The Morgan fingerprint density at radius 3 is 2.65 bits per heavy atom. The number of benzene rings is 1. The highest BCUT2D eigenvalue weighted by molar-refractivity contribution is 5.72. The average Bonchev–Trinajstić information content (AvgIpc) is 2.77. The van der Waals surface area contributed by atoms with Crippen LogP contribution >= 0.6 is 0 Å². The zero-order valence-electron chi connectivity index (χ0n) is 9.04. The fourth-order valence-corrected chi connectivity index (χ4v) is 1.45. The standard InChI is InChI=1S/C11H10FN3O2/c1-7(11(16)17)15-6-13-14-10(15)8-2-4-9(12)5-3-8/h2-7H,1H3,(H,16,17). The molecule has 1 heterocycles. The van der Waals surface area contributed by atoms with Crippen LogP contribution in [-0.2, 0) is 4.79 Å². The van der Waals surface area contributed by atoms with Crippen LogP contribution in [0, 0.1) is 5.82 Å². The fourth-order valence-electron chi connectivity index (χ4n) is 1.45. The van der Waals surface area contributed by atoms with Crippen LogP contribution in [-0.4, -0.2) is 25.8 Å². The molecule has 0 amide bonds. The Hall–Kier alpha value is -2.24. The smallest absolute Gasteiger partial charge is 0.326 e. The van der Waals surface area contributed by atoms with Gasteiger partial charge in [0.1, 0.15) is 18.2 Å². The van der Waals surface area contributed by atoms with Crippen molar-refractivity contribution in [1.29, 1.82) is 0 Å². The summed E-state index contributed by atoms with van der Waals surface area (Å²) in [7, 11) is 0. The van der Waals surface area contributed by atoms with Gasteiger partial charge in [-0.1, -0.05) is 0 Å². The number of aliphatic carboxylic acids is 1. The topological polar surface area (TPSA) is 68.0 Å². The highest BCUT2D eigenvalue weighted by atomic mass is 19.1. The normalized spacial score (nSPS) is 12.4. The number of hydrogen-bond acceptors (Lipinski definition) is 3. The maximum absolute atomic E-state index is 12.8. The first-order valence-electron chi connectivity index (χ1n) is 4.98. The van der Waals surface area contributed by atoms with Gasteiger partial charge < -0.3 is 5.11 Å². The summed E-state index contributed by atoms with van der Waals surface area (Å²) in [5.41, 5.74) is 0.622. The number of aromatic nitrogens is 3. The highest BCUT2D eigenvalue weighted by Crippen LogP contribution is 2.20. The molecule has 1 unspecified atom stereocenters. The average molecular weight is 235 g/mol. The Morgan fingerprint density at radius 2 is 2.06 bits per heavy atom. The first-order valence-corrected chi connectivity index (χ1v) is 4.98. The summed E-state index contributed by atoms with van der Waals surface area (Å²) in [6.45, 7) is 1.53. The van der Waals surface area contributed by atoms with Gasteiger partial charge in [0, 0.05) is 5.56 Å². The molecule has 0 fully saturated rings. The van der Waals surface area contributed by atoms with E-state index >= 15 is 0 Å². The molecule has 1 N–H and O–H groups in total. The minimum Gasteiger partial charge on any atom is -0.480 e. The molecule has 0 bridgehead atoms. The molecule has 6 heteroatoms. The predicted octanol–water partition coefficient (Wildman–Crippen LogP) is 1.73. The third-order valence-corrected chi connectivity index (χ3v) is 2.45. The molecule has 0 aliphatic heterocycles. The Labute approximate surface area is 96.5 Å². The SMILES string of the molecule is CC(C(=O)O)n1cnnc1-c1ccc(F)cc1. The predicted molar refractivity (Wildman–Crippen MR) is 57.8 cm³/mol. The second-order valence-corrected chi connectivity index (χ2v) is 3.58. The van der Waals surface area contributed by atoms with Gasteiger partial charge in [-0.2, -0.15) is 0 Å². The van der Waals surface area contributed by atoms with Crippen LogP contribution < -0.4 is 0 Å². The van der Waals surface area contributed by atoms with Gasteiger partial charge in [0.25, 0.3) is 0 Å². The summed E-state index contributed by atoms with van der Waals surface area (Å²) in [6.07, 6.45) is 1.34. The van der Waals surface area contributed by atoms with E-state index in [4.69, 9.17) is 5.11 Å². The lowest BCUT2D eigenvalue weighted by Crippen LogP contribution is -2.15. The Kier molecular flexibility index (Phi) is 2.86. The Morgan fingerprint density at radius 1 is 1.41 bits per heavy atom. The molecule has 0 aliphatic carbocycles. The van der Waals surface area contributed by atoms with Crippen molar-refractivity contribution in [1.82, 2.24) is 14.8 Å². The number of nitrogens with zero attached hydrogens (tertiary/aromatic N) is 3. The fraction of sp³-hybridized carbons (Fsp3) is 0.182. The van der Waals surface area contributed by atoms with Gasteiger partial charge in [0.2, 0.25) is 0 Å². The van der Waals surface area contributed by atoms with Crippen molar-refractivity contribution in [2.24, 2.45) is 0 Å². The summed E-state index contributed by atoms with van der Waals surface area (Å²) in [4.78, 5) is 10.9. The highest BCUT2D eigenvalue weighted by Gasteiger charge is 2.18. The molecule has 0 saturated heterocycles. The molecule has 17 heavy (non-hydrogen) atoms. The number of rotatable bonds is 3. The third kappa shape index (κ3) is 2.15. The molecule has 1 aromatic carbocycles. The van der Waals surface area contributed by atoms with E-state index in [1.165, 1.54) is 42.1 Å². The molecule has 1 aromatic heterocycles. The second-order valence-electron chi connectivity index (χ2n) is 3.58. The zero-order chi connectivity index (χ0) is 12.4. The summed E-state index contributed by atoms with van der Waals surface area (Å²) in [5, 5.41) is 16.5. The van der Waals surface area contributed by atoms with Gasteiger partial charge in [-0.25, -0.2) is 9.18 Å². The van der Waals surface area contributed by atoms with Crippen LogP contribution in [0.1, 0.15) is 13.0 Å². The maximum Gasteiger partial charge on any atom is 0.326 e. The van der Waals surface area contributed by atoms with Gasteiger partial charge in [-0.3, -0.25) is 4.57 Å². The van der Waals surface area contributed by atoms with Gasteiger partial charge >= 0.3 is 5.97 Å². The maximum atomic E-state index is 12.8. The van der Waals surface area contributed by atoms with Crippen molar-refractivity contribution < 1.29 is 14.3 Å². The lowest BCUT2D eigenvalue weighted by Gasteiger charge is -2.10. The number of carboxylic acid groups (broad SMARTS) is 1. The van der Waals surface area contributed by atoms with Gasteiger partial charge in [0.05, 0.1) is 0 Å². The molecule has 0 spiro atoms. The van der Waals surface area contributed by atoms with Crippen LogP contribution in [0.2, 0.25) is 0 Å². The molecule has 0 saturated carbocycles. The molecular formula is C11H10FN3O2. The number of halogens is 1. The Balaban J connectivity index is 2.43. The van der Waals surface area contributed by atoms with E-state index in [9.17, 15) is 9.18 Å². The van der Waals surface area contributed by atoms with Crippen LogP contribution in [0.3, 0.4) is 0 Å². The Bertz CT molecular complexity index is 536. The molecule has 2 rings (SSSR count). The monoisotopic (exact) mass is 235 g/mol. The lowest BCUT2D eigenvalue weighted by atomic mass is 10.2. The van der Waals surface area contributed by atoms with E-state index < -0.39 is 12.0 Å². The molecule has 2 aromatic rings. The van der Waals surface area contributed by atoms with Crippen LogP contribution in [0.5, 0.6) is 0 Å². The molecule has 88 valence electrons. The minimum atomic E-state index is -0.979. The van der Waals surface area contributed by atoms with Crippen molar-refractivity contribution >= 4 is 5.97 Å². The van der Waals surface area contributed by atoms with Crippen molar-refractivity contribution in [3.63, 3.8) is 0 Å². The number of carboxylic acids is 1. The van der Waals surface area contributed by atoms with E-state index in [2.05, 4.69) is 10.2 Å². The van der Waals surface area contributed by atoms with Gasteiger partial charge in [-0.15, -0.1) is 10.2 Å². The van der Waals surface area contributed by atoms with Gasteiger partial charge in [0.15, 0.2) is 5.82 Å². The first-order chi connectivity index (χ1) is 8.09. The number of hydrogen-bond donors (Lipinski definition) is 1. The van der Waals surface area contributed by atoms with Crippen molar-refractivity contribution in [2.75, 3.05) is 0 Å². The van der Waals surface area contributed by atoms with E-state index in [-0.39, 0.29) is 5.82 Å². The van der Waals surface area contributed by atoms with Crippen LogP contribution in [0.15, 0.2) is 30.6 Å². The van der Waals surface area contributed by atoms with E-state index in [0.29, 0.717) is 11.4 Å². The van der Waals surface area contributed by atoms with Crippen LogP contribution in [0.25, 0.3) is 11.4 Å². The molecule has 5 nitrogen and oxygen atoms in total. The van der Waals surface area contributed by atoms with Crippen LogP contribution in [0.4, 0.5) is 4.39 Å². The third-order valence-electron chi connectivity index (χ3n) is 2.45. The second kappa shape index (κ2) is 4.32. The summed E-state index contributed by atoms with van der Waals surface area (Å²) >= 11 is 0. The summed E-state index contributed by atoms with van der Waals surface area (Å²) in [5.74, 6) is -0.931. The van der Waals surface area contributed by atoms with E-state index in [1.54, 1.807) is 0 Å². The molecule has 0 radical (unpaired) electrons. The lowest BCUT2D eigenvalue weighted by molar-refractivity contribution is -0.140. The quantitative estimate of drug-likeness (QED) is 0.879. The zero-order valence-corrected chi connectivity index (χ0v) is 9.04. The summed E-state index contributed by atoms with van der Waals surface area (Å²) < 4.78 is 14.2. The minimum absolute atomic E-state index is 0.355. The molecule has 1 atom stereocenters. The van der Waals surface area contributed by atoms with E-state index in [0.717, 1.165) is 0 Å². The molecule has 0 aliphatic rings. The van der Waals surface area contributed by atoms with E-state index in [1.807, 2.05) is 0 Å². The summed E-state index contributed by atoms with van der Waals surface area (Å²) in [6, 6.07) is 4.87. The van der Waals surface area contributed by atoms with Crippen molar-refractivity contribution in [2.45, 2.75) is 13.0 Å². The number of carbonyl (C=O) groups is 1. The van der Waals surface area contributed by atoms with Crippen molar-refractivity contribution in [3.8, 4) is 11.4 Å².